The van der Waals surface area contributed by atoms with E-state index >= 15 is 0 Å². The number of rotatable bonds is 6. The summed E-state index contributed by atoms with van der Waals surface area (Å²) >= 11 is 0. The summed E-state index contributed by atoms with van der Waals surface area (Å²) in [5.41, 5.74) is 7.67. The maximum Gasteiger partial charge on any atom is 0.241 e. The van der Waals surface area contributed by atoms with Gasteiger partial charge in [-0.15, -0.1) is 12.4 Å². The molecule has 1 fully saturated rings. The van der Waals surface area contributed by atoms with E-state index in [9.17, 15) is 9.59 Å². The van der Waals surface area contributed by atoms with Crippen molar-refractivity contribution >= 4 is 29.9 Å². The summed E-state index contributed by atoms with van der Waals surface area (Å²) in [6, 6.07) is 7.11. The first-order valence-electron chi connectivity index (χ1n) is 7.89. The van der Waals surface area contributed by atoms with Crippen LogP contribution in [0.1, 0.15) is 38.7 Å². The minimum atomic E-state index is -0.484. The number of anilines is 1. The van der Waals surface area contributed by atoms with Gasteiger partial charge in [-0.3, -0.25) is 9.59 Å². The Balaban J connectivity index is 0.00000264. The number of nitrogens with one attached hydrogen (secondary N) is 1. The Morgan fingerprint density at radius 2 is 1.96 bits per heavy atom. The van der Waals surface area contributed by atoms with Gasteiger partial charge < -0.3 is 16.0 Å². The van der Waals surface area contributed by atoms with Crippen molar-refractivity contribution in [1.29, 1.82) is 0 Å². The van der Waals surface area contributed by atoms with Gasteiger partial charge in [-0.2, -0.15) is 0 Å². The van der Waals surface area contributed by atoms with E-state index in [1.165, 1.54) is 0 Å². The molecule has 0 aliphatic carbocycles. The van der Waals surface area contributed by atoms with Crippen molar-refractivity contribution in [3.8, 4) is 0 Å². The normalized spacial score (nSPS) is 15.5. The van der Waals surface area contributed by atoms with Crippen molar-refractivity contribution in [3.05, 3.63) is 29.8 Å². The number of benzene rings is 1. The third-order valence-electron chi connectivity index (χ3n) is 3.83. The minimum absolute atomic E-state index is 0. The summed E-state index contributed by atoms with van der Waals surface area (Å²) in [6.07, 6.45) is 2.27. The topological polar surface area (TPSA) is 75.4 Å². The van der Waals surface area contributed by atoms with Gasteiger partial charge in [-0.25, -0.2) is 0 Å². The van der Waals surface area contributed by atoms with E-state index in [1.54, 1.807) is 0 Å². The van der Waals surface area contributed by atoms with Gasteiger partial charge in [0.15, 0.2) is 0 Å². The highest BCUT2D eigenvalue weighted by atomic mass is 35.5. The van der Waals surface area contributed by atoms with E-state index in [0.29, 0.717) is 25.3 Å². The van der Waals surface area contributed by atoms with Crippen LogP contribution in [0.4, 0.5) is 5.69 Å². The fraction of sp³-hybridized carbons (Fsp3) is 0.529. The summed E-state index contributed by atoms with van der Waals surface area (Å²) in [7, 11) is 0. The molecule has 0 radical (unpaired) electrons. The number of nitrogens with two attached hydrogens (primary N) is 1. The number of halogens is 1. The van der Waals surface area contributed by atoms with Crippen LogP contribution in [0.15, 0.2) is 24.3 Å². The smallest absolute Gasteiger partial charge is 0.241 e. The molecule has 1 saturated heterocycles. The number of carbonyl (C=O) groups excluding carboxylic acids is 2. The lowest BCUT2D eigenvalue weighted by molar-refractivity contribution is -0.128. The molecular formula is C17H26ClN3O2. The SMILES string of the molecule is CC(C)C[C@H](N)C(=O)Nc1ccc(CN2CCCC2=O)cc1.Cl. The van der Waals surface area contributed by atoms with Crippen molar-refractivity contribution in [2.45, 2.75) is 45.7 Å². The standard InChI is InChI=1S/C17H25N3O2.ClH/c1-12(2)10-15(18)17(22)19-14-7-5-13(6-8-14)11-20-9-3-4-16(20)21;/h5-8,12,15H,3-4,9-11,18H2,1-2H3,(H,19,22);1H/t15-;/m0./s1. The molecular weight excluding hydrogens is 314 g/mol. The molecule has 128 valence electrons. The average Bonchev–Trinajstić information content (AvgIpc) is 2.85. The molecule has 1 heterocycles. The van der Waals surface area contributed by atoms with Crippen molar-refractivity contribution < 1.29 is 9.59 Å². The van der Waals surface area contributed by atoms with E-state index in [0.717, 1.165) is 24.2 Å². The predicted octanol–water partition coefficient (Wildman–Crippen LogP) is 2.54. The van der Waals surface area contributed by atoms with Crippen LogP contribution < -0.4 is 11.1 Å². The zero-order valence-electron chi connectivity index (χ0n) is 13.7. The second-order valence-corrected chi connectivity index (χ2v) is 6.34. The lowest BCUT2D eigenvalue weighted by atomic mass is 10.0. The molecule has 5 nitrogen and oxygen atoms in total. The maximum atomic E-state index is 12.0. The highest BCUT2D eigenvalue weighted by molar-refractivity contribution is 5.94. The zero-order chi connectivity index (χ0) is 16.1. The molecule has 1 aromatic rings. The lowest BCUT2D eigenvalue weighted by Gasteiger charge is -2.16. The summed E-state index contributed by atoms with van der Waals surface area (Å²) in [5, 5.41) is 2.83. The first kappa shape index (κ1) is 19.5. The van der Waals surface area contributed by atoms with E-state index in [-0.39, 0.29) is 24.2 Å². The molecule has 0 unspecified atom stereocenters. The Morgan fingerprint density at radius 3 is 2.48 bits per heavy atom. The van der Waals surface area contributed by atoms with Crippen molar-refractivity contribution in [1.82, 2.24) is 4.90 Å². The van der Waals surface area contributed by atoms with Crippen LogP contribution in [-0.4, -0.2) is 29.3 Å². The number of amides is 2. The van der Waals surface area contributed by atoms with Gasteiger partial charge in [0.25, 0.3) is 0 Å². The van der Waals surface area contributed by atoms with Crippen LogP contribution >= 0.6 is 12.4 Å². The highest BCUT2D eigenvalue weighted by Gasteiger charge is 2.20. The van der Waals surface area contributed by atoms with Crippen LogP contribution in [0, 0.1) is 5.92 Å². The first-order chi connectivity index (χ1) is 10.5. The zero-order valence-corrected chi connectivity index (χ0v) is 14.6. The Bertz CT molecular complexity index is 531. The van der Waals surface area contributed by atoms with E-state index in [2.05, 4.69) is 5.32 Å². The molecule has 2 amide bonds. The molecule has 6 heteroatoms. The van der Waals surface area contributed by atoms with Crippen LogP contribution in [-0.2, 0) is 16.1 Å². The fourth-order valence-electron chi connectivity index (χ4n) is 2.63. The van der Waals surface area contributed by atoms with Crippen LogP contribution in [0.5, 0.6) is 0 Å². The van der Waals surface area contributed by atoms with Gasteiger partial charge in [0.2, 0.25) is 11.8 Å². The molecule has 0 bridgehead atoms. The molecule has 1 aromatic carbocycles. The Morgan fingerprint density at radius 1 is 1.30 bits per heavy atom. The molecule has 0 aromatic heterocycles. The van der Waals surface area contributed by atoms with E-state index in [4.69, 9.17) is 5.73 Å². The van der Waals surface area contributed by atoms with Gasteiger partial charge in [0.1, 0.15) is 0 Å². The largest absolute Gasteiger partial charge is 0.338 e. The van der Waals surface area contributed by atoms with E-state index in [1.807, 2.05) is 43.0 Å². The van der Waals surface area contributed by atoms with Crippen LogP contribution in [0.2, 0.25) is 0 Å². The first-order valence-corrected chi connectivity index (χ1v) is 7.89. The summed E-state index contributed by atoms with van der Waals surface area (Å²) in [4.78, 5) is 25.4. The van der Waals surface area contributed by atoms with Gasteiger partial charge in [-0.1, -0.05) is 26.0 Å². The van der Waals surface area contributed by atoms with Crippen LogP contribution in [0.25, 0.3) is 0 Å². The number of carbonyl (C=O) groups is 2. The molecule has 1 atom stereocenters. The van der Waals surface area contributed by atoms with Crippen LogP contribution in [0.3, 0.4) is 0 Å². The number of nitrogens with zero attached hydrogens (tertiary/aromatic N) is 1. The molecule has 0 spiro atoms. The third-order valence-corrected chi connectivity index (χ3v) is 3.83. The second-order valence-electron chi connectivity index (χ2n) is 6.34. The minimum Gasteiger partial charge on any atom is -0.338 e. The maximum absolute atomic E-state index is 12.0. The summed E-state index contributed by atoms with van der Waals surface area (Å²) in [6.45, 7) is 5.56. The average molecular weight is 340 g/mol. The van der Waals surface area contributed by atoms with Gasteiger partial charge in [0, 0.05) is 25.2 Å². The number of hydrogen-bond acceptors (Lipinski definition) is 3. The predicted molar refractivity (Wildman–Crippen MR) is 94.4 cm³/mol. The Labute approximate surface area is 144 Å². The molecule has 0 saturated carbocycles. The Kier molecular flexibility index (Phi) is 7.52. The van der Waals surface area contributed by atoms with Gasteiger partial charge >= 0.3 is 0 Å². The highest BCUT2D eigenvalue weighted by Crippen LogP contribution is 2.16. The molecule has 3 N–H and O–H groups in total. The second kappa shape index (κ2) is 8.89. The molecule has 1 aliphatic rings. The quantitative estimate of drug-likeness (QED) is 0.836. The van der Waals surface area contributed by atoms with Crippen molar-refractivity contribution in [2.24, 2.45) is 11.7 Å². The Hall–Kier alpha value is -1.59. The van der Waals surface area contributed by atoms with E-state index < -0.39 is 6.04 Å². The summed E-state index contributed by atoms with van der Waals surface area (Å²) < 4.78 is 0. The van der Waals surface area contributed by atoms with Crippen molar-refractivity contribution in [3.63, 3.8) is 0 Å². The van der Waals surface area contributed by atoms with Crippen molar-refractivity contribution in [2.75, 3.05) is 11.9 Å². The fourth-order valence-corrected chi connectivity index (χ4v) is 2.63. The lowest BCUT2D eigenvalue weighted by Crippen LogP contribution is -2.36. The number of likely N-dealkylation sites (tertiary alicyclic amines) is 1. The molecule has 23 heavy (non-hydrogen) atoms. The number of hydrogen-bond donors (Lipinski definition) is 2. The summed E-state index contributed by atoms with van der Waals surface area (Å²) in [5.74, 6) is 0.453. The molecule has 1 aliphatic heterocycles. The van der Waals surface area contributed by atoms with Gasteiger partial charge in [-0.05, 0) is 36.5 Å². The van der Waals surface area contributed by atoms with Gasteiger partial charge in [0.05, 0.1) is 6.04 Å². The molecule has 2 rings (SSSR count). The third kappa shape index (κ3) is 5.84. The monoisotopic (exact) mass is 339 g/mol.